The summed E-state index contributed by atoms with van der Waals surface area (Å²) in [5.41, 5.74) is 2.04. The van der Waals surface area contributed by atoms with Crippen LogP contribution in [0.2, 0.25) is 10.0 Å². The number of hydrogen-bond acceptors (Lipinski definition) is 2. The molecule has 25 heavy (non-hydrogen) atoms. The van der Waals surface area contributed by atoms with Crippen LogP contribution >= 0.6 is 39.1 Å². The third-order valence-corrected chi connectivity index (χ3v) is 4.85. The van der Waals surface area contributed by atoms with Crippen LogP contribution < -0.4 is 10.1 Å². The van der Waals surface area contributed by atoms with Crippen molar-refractivity contribution in [2.75, 3.05) is 6.61 Å². The Kier molecular flexibility index (Phi) is 6.78. The second kappa shape index (κ2) is 8.43. The molecule has 1 amide bonds. The zero-order valence-electron chi connectivity index (χ0n) is 14.3. The van der Waals surface area contributed by atoms with E-state index in [1.807, 2.05) is 18.2 Å². The third kappa shape index (κ3) is 5.91. The molecule has 0 aliphatic heterocycles. The first-order valence-electron chi connectivity index (χ1n) is 7.80. The number of nitrogens with one attached hydrogen (secondary N) is 1. The summed E-state index contributed by atoms with van der Waals surface area (Å²) in [7, 11) is 0. The SMILES string of the molecule is CC(C)(C)c1ccc(OCC(=O)NCc2ccc(Cl)cc2Cl)c(Br)c1. The summed E-state index contributed by atoms with van der Waals surface area (Å²) in [4.78, 5) is 12.0. The summed E-state index contributed by atoms with van der Waals surface area (Å²) < 4.78 is 6.42. The molecule has 0 aliphatic carbocycles. The quantitative estimate of drug-likeness (QED) is 0.637. The molecule has 0 unspecified atom stereocenters. The van der Waals surface area contributed by atoms with Gasteiger partial charge in [-0.2, -0.15) is 0 Å². The summed E-state index contributed by atoms with van der Waals surface area (Å²) in [5, 5.41) is 3.86. The van der Waals surface area contributed by atoms with Crippen molar-refractivity contribution >= 4 is 45.0 Å². The van der Waals surface area contributed by atoms with E-state index >= 15 is 0 Å². The van der Waals surface area contributed by atoms with Crippen molar-refractivity contribution in [1.82, 2.24) is 5.32 Å². The van der Waals surface area contributed by atoms with Crippen LogP contribution in [0.5, 0.6) is 5.75 Å². The van der Waals surface area contributed by atoms with Crippen molar-refractivity contribution in [2.24, 2.45) is 0 Å². The molecule has 0 atom stereocenters. The predicted octanol–water partition coefficient (Wildman–Crippen LogP) is 5.75. The normalized spacial score (nSPS) is 11.3. The minimum absolute atomic E-state index is 0.0519. The molecule has 134 valence electrons. The van der Waals surface area contributed by atoms with E-state index in [0.29, 0.717) is 22.3 Å². The Balaban J connectivity index is 1.89. The fourth-order valence-electron chi connectivity index (χ4n) is 2.14. The molecule has 0 radical (unpaired) electrons. The molecule has 3 nitrogen and oxygen atoms in total. The largest absolute Gasteiger partial charge is 0.483 e. The molecule has 0 saturated carbocycles. The van der Waals surface area contributed by atoms with Crippen LogP contribution in [0.1, 0.15) is 31.9 Å². The lowest BCUT2D eigenvalue weighted by molar-refractivity contribution is -0.123. The molecule has 1 N–H and O–H groups in total. The maximum absolute atomic E-state index is 12.0. The first-order chi connectivity index (χ1) is 11.7. The monoisotopic (exact) mass is 443 g/mol. The minimum atomic E-state index is -0.224. The molecular formula is C19H20BrCl2NO2. The summed E-state index contributed by atoms with van der Waals surface area (Å²) in [5.74, 6) is 0.408. The molecule has 0 aromatic heterocycles. The van der Waals surface area contributed by atoms with E-state index in [9.17, 15) is 4.79 Å². The molecule has 0 spiro atoms. The number of amides is 1. The van der Waals surface area contributed by atoms with Crippen molar-refractivity contribution in [2.45, 2.75) is 32.7 Å². The molecule has 0 aliphatic rings. The highest BCUT2D eigenvalue weighted by atomic mass is 79.9. The van der Waals surface area contributed by atoms with Crippen molar-refractivity contribution in [3.8, 4) is 5.75 Å². The fraction of sp³-hybridized carbons (Fsp3) is 0.316. The third-order valence-electron chi connectivity index (χ3n) is 3.65. The molecule has 2 aromatic carbocycles. The molecule has 0 heterocycles. The number of benzene rings is 2. The number of halogens is 3. The molecule has 6 heteroatoms. The Morgan fingerprint density at radius 2 is 1.88 bits per heavy atom. The second-order valence-corrected chi connectivity index (χ2v) is 8.39. The lowest BCUT2D eigenvalue weighted by Crippen LogP contribution is -2.28. The van der Waals surface area contributed by atoms with Gasteiger partial charge in [-0.25, -0.2) is 0 Å². The van der Waals surface area contributed by atoms with Gasteiger partial charge in [-0.05, 0) is 56.7 Å². The van der Waals surface area contributed by atoms with E-state index in [1.54, 1.807) is 18.2 Å². The number of ether oxygens (including phenoxy) is 1. The Labute approximate surface area is 166 Å². The van der Waals surface area contributed by atoms with E-state index < -0.39 is 0 Å². The highest BCUT2D eigenvalue weighted by molar-refractivity contribution is 9.10. The van der Waals surface area contributed by atoms with Crippen LogP contribution in [0.3, 0.4) is 0 Å². The van der Waals surface area contributed by atoms with Crippen molar-refractivity contribution in [3.05, 3.63) is 62.0 Å². The molecule has 0 bridgehead atoms. The van der Waals surface area contributed by atoms with Gasteiger partial charge in [0.1, 0.15) is 5.75 Å². The zero-order chi connectivity index (χ0) is 18.6. The minimum Gasteiger partial charge on any atom is -0.483 e. The van der Waals surface area contributed by atoms with Crippen LogP contribution in [0.4, 0.5) is 0 Å². The van der Waals surface area contributed by atoms with Crippen LogP contribution in [0, 0.1) is 0 Å². The van der Waals surface area contributed by atoms with Gasteiger partial charge in [-0.3, -0.25) is 4.79 Å². The van der Waals surface area contributed by atoms with Gasteiger partial charge in [0, 0.05) is 16.6 Å². The number of carbonyl (C=O) groups excluding carboxylic acids is 1. The average Bonchev–Trinajstić information content (AvgIpc) is 2.52. The average molecular weight is 445 g/mol. The van der Waals surface area contributed by atoms with E-state index in [4.69, 9.17) is 27.9 Å². The second-order valence-electron chi connectivity index (χ2n) is 6.70. The first kappa shape index (κ1) is 20.1. The molecule has 0 fully saturated rings. The van der Waals surface area contributed by atoms with Crippen molar-refractivity contribution < 1.29 is 9.53 Å². The van der Waals surface area contributed by atoms with Gasteiger partial charge < -0.3 is 10.1 Å². The van der Waals surface area contributed by atoms with Crippen LogP contribution in [0.15, 0.2) is 40.9 Å². The number of hydrogen-bond donors (Lipinski definition) is 1. The molecule has 0 saturated heterocycles. The van der Waals surface area contributed by atoms with Gasteiger partial charge in [0.2, 0.25) is 0 Å². The van der Waals surface area contributed by atoms with Gasteiger partial charge in [0.15, 0.2) is 6.61 Å². The van der Waals surface area contributed by atoms with Crippen LogP contribution in [0.25, 0.3) is 0 Å². The lowest BCUT2D eigenvalue weighted by atomic mass is 9.87. The predicted molar refractivity (Wildman–Crippen MR) is 107 cm³/mol. The smallest absolute Gasteiger partial charge is 0.258 e. The van der Waals surface area contributed by atoms with Gasteiger partial charge >= 0.3 is 0 Å². The molecule has 2 aromatic rings. The van der Waals surface area contributed by atoms with Crippen molar-refractivity contribution in [3.63, 3.8) is 0 Å². The van der Waals surface area contributed by atoms with E-state index in [1.165, 1.54) is 5.56 Å². The number of carbonyl (C=O) groups is 1. The Morgan fingerprint density at radius 3 is 2.48 bits per heavy atom. The Morgan fingerprint density at radius 1 is 1.16 bits per heavy atom. The Bertz CT molecular complexity index is 773. The summed E-state index contributed by atoms with van der Waals surface area (Å²) in [6.45, 7) is 6.68. The topological polar surface area (TPSA) is 38.3 Å². The Hall–Kier alpha value is -1.23. The highest BCUT2D eigenvalue weighted by Gasteiger charge is 2.15. The standard InChI is InChI=1S/C19H20BrCl2NO2/c1-19(2,3)13-5-7-17(15(20)8-13)25-11-18(24)23-10-12-4-6-14(21)9-16(12)22/h4-9H,10-11H2,1-3H3,(H,23,24). The van der Waals surface area contributed by atoms with Crippen LogP contribution in [-0.4, -0.2) is 12.5 Å². The highest BCUT2D eigenvalue weighted by Crippen LogP contribution is 2.31. The van der Waals surface area contributed by atoms with Gasteiger partial charge in [0.25, 0.3) is 5.91 Å². The van der Waals surface area contributed by atoms with Gasteiger partial charge in [-0.15, -0.1) is 0 Å². The van der Waals surface area contributed by atoms with E-state index in [2.05, 4.69) is 42.0 Å². The maximum atomic E-state index is 12.0. The number of rotatable bonds is 5. The van der Waals surface area contributed by atoms with Crippen molar-refractivity contribution in [1.29, 1.82) is 0 Å². The van der Waals surface area contributed by atoms with Gasteiger partial charge in [-0.1, -0.05) is 56.1 Å². The van der Waals surface area contributed by atoms with E-state index in [-0.39, 0.29) is 17.9 Å². The lowest BCUT2D eigenvalue weighted by Gasteiger charge is -2.20. The summed E-state index contributed by atoms with van der Waals surface area (Å²) in [6.07, 6.45) is 0. The molecular weight excluding hydrogens is 425 g/mol. The van der Waals surface area contributed by atoms with Crippen LogP contribution in [-0.2, 0) is 16.8 Å². The fourth-order valence-corrected chi connectivity index (χ4v) is 3.11. The molecule has 2 rings (SSSR count). The summed E-state index contributed by atoms with van der Waals surface area (Å²) >= 11 is 15.4. The van der Waals surface area contributed by atoms with Gasteiger partial charge in [0.05, 0.1) is 4.47 Å². The zero-order valence-corrected chi connectivity index (χ0v) is 17.4. The summed E-state index contributed by atoms with van der Waals surface area (Å²) in [6, 6.07) is 11.1. The van der Waals surface area contributed by atoms with E-state index in [0.717, 1.165) is 10.0 Å². The maximum Gasteiger partial charge on any atom is 0.258 e. The first-order valence-corrected chi connectivity index (χ1v) is 9.35.